The van der Waals surface area contributed by atoms with E-state index in [1.165, 1.54) is 17.4 Å². The fraction of sp³-hybridized carbons (Fsp3) is 0.500. The van der Waals surface area contributed by atoms with Crippen LogP contribution in [-0.4, -0.2) is 27.5 Å². The van der Waals surface area contributed by atoms with Gasteiger partial charge in [-0.3, -0.25) is 4.79 Å². The highest BCUT2D eigenvalue weighted by Crippen LogP contribution is 2.21. The van der Waals surface area contributed by atoms with Crippen molar-refractivity contribution in [2.45, 2.75) is 24.5 Å². The van der Waals surface area contributed by atoms with Gasteiger partial charge in [-0.1, -0.05) is 6.92 Å². The molecule has 1 N–H and O–H groups in total. The average molecular weight is 277 g/mol. The largest absolute Gasteiger partial charge is 0.465 e. The fourth-order valence-corrected chi connectivity index (χ4v) is 3.44. The third-order valence-corrected chi connectivity index (χ3v) is 5.08. The molecule has 0 aromatic carbocycles. The summed E-state index contributed by atoms with van der Waals surface area (Å²) in [6, 6.07) is 3.31. The molecular formula is C10H15NO4S2. The van der Waals surface area contributed by atoms with Gasteiger partial charge in [-0.05, 0) is 25.5 Å². The Hall–Kier alpha value is -0.920. The minimum Gasteiger partial charge on any atom is -0.465 e. The van der Waals surface area contributed by atoms with Crippen LogP contribution in [-0.2, 0) is 26.0 Å². The summed E-state index contributed by atoms with van der Waals surface area (Å²) < 4.78 is 30.6. The highest BCUT2D eigenvalue weighted by molar-refractivity contribution is 7.91. The van der Waals surface area contributed by atoms with Gasteiger partial charge in [0.15, 0.2) is 0 Å². The number of thiophene rings is 1. The predicted molar refractivity (Wildman–Crippen MR) is 65.5 cm³/mol. The Kier molecular flexibility index (Phi) is 5.10. The topological polar surface area (TPSA) is 72.5 Å². The molecule has 0 aliphatic heterocycles. The molecule has 0 spiro atoms. The zero-order chi connectivity index (χ0) is 12.9. The second kappa shape index (κ2) is 6.13. The molecule has 0 aliphatic rings. The van der Waals surface area contributed by atoms with E-state index in [0.29, 0.717) is 0 Å². The van der Waals surface area contributed by atoms with Crippen LogP contribution in [0.5, 0.6) is 0 Å². The van der Waals surface area contributed by atoms with Crippen LogP contribution in [0.3, 0.4) is 0 Å². The number of rotatable bonds is 6. The maximum atomic E-state index is 11.8. The highest BCUT2D eigenvalue weighted by Gasteiger charge is 2.17. The minimum atomic E-state index is -3.60. The van der Waals surface area contributed by atoms with Crippen molar-refractivity contribution in [2.75, 3.05) is 13.2 Å². The van der Waals surface area contributed by atoms with Crippen LogP contribution in [0.1, 0.15) is 18.7 Å². The Bertz CT molecular complexity index is 478. The van der Waals surface area contributed by atoms with Gasteiger partial charge in [0.25, 0.3) is 10.0 Å². The molecule has 0 bridgehead atoms. The van der Waals surface area contributed by atoms with Crippen molar-refractivity contribution >= 4 is 27.3 Å². The second-order valence-corrected chi connectivity index (χ2v) is 6.37. The van der Waals surface area contributed by atoms with Crippen LogP contribution in [0, 0.1) is 0 Å². The Morgan fingerprint density at radius 1 is 1.41 bits per heavy atom. The summed E-state index contributed by atoms with van der Waals surface area (Å²) in [7, 11) is -3.60. The number of nitrogens with one attached hydrogen (secondary N) is 1. The number of hydrogen-bond acceptors (Lipinski definition) is 5. The lowest BCUT2D eigenvalue weighted by molar-refractivity contribution is -0.141. The monoisotopic (exact) mass is 277 g/mol. The summed E-state index contributed by atoms with van der Waals surface area (Å²) in [5.74, 6) is -0.580. The Morgan fingerprint density at radius 3 is 2.65 bits per heavy atom. The van der Waals surface area contributed by atoms with Gasteiger partial charge < -0.3 is 4.74 Å². The Balaban J connectivity index is 2.65. The molecule has 0 atom stereocenters. The van der Waals surface area contributed by atoms with Crippen molar-refractivity contribution < 1.29 is 17.9 Å². The summed E-state index contributed by atoms with van der Waals surface area (Å²) in [5.41, 5.74) is 0. The fourth-order valence-electron chi connectivity index (χ4n) is 1.13. The molecule has 1 aromatic heterocycles. The predicted octanol–water partition coefficient (Wildman–Crippen LogP) is 1.15. The van der Waals surface area contributed by atoms with Crippen LogP contribution in [0.15, 0.2) is 16.3 Å². The van der Waals surface area contributed by atoms with Gasteiger partial charge in [-0.25, -0.2) is 8.42 Å². The van der Waals surface area contributed by atoms with Crippen molar-refractivity contribution in [3.8, 4) is 0 Å². The van der Waals surface area contributed by atoms with Gasteiger partial charge in [0.05, 0.1) is 6.61 Å². The summed E-state index contributed by atoms with van der Waals surface area (Å²) in [4.78, 5) is 12.0. The van der Waals surface area contributed by atoms with Crippen LogP contribution in [0.25, 0.3) is 0 Å². The van der Waals surface area contributed by atoms with E-state index < -0.39 is 16.0 Å². The molecule has 0 radical (unpaired) electrons. The first-order valence-electron chi connectivity index (χ1n) is 5.23. The molecular weight excluding hydrogens is 262 g/mol. The average Bonchev–Trinajstić information content (AvgIpc) is 2.76. The Morgan fingerprint density at radius 2 is 2.12 bits per heavy atom. The first-order valence-corrected chi connectivity index (χ1v) is 7.53. The number of sulfonamides is 1. The van der Waals surface area contributed by atoms with E-state index in [2.05, 4.69) is 9.46 Å². The van der Waals surface area contributed by atoms with Crippen LogP contribution in [0.2, 0.25) is 0 Å². The first-order chi connectivity index (χ1) is 7.99. The van der Waals surface area contributed by atoms with Crippen molar-refractivity contribution in [1.82, 2.24) is 4.72 Å². The van der Waals surface area contributed by atoms with E-state index in [4.69, 9.17) is 0 Å². The maximum Gasteiger partial charge on any atom is 0.321 e. The lowest BCUT2D eigenvalue weighted by atomic mass is 10.4. The van der Waals surface area contributed by atoms with Crippen molar-refractivity contribution in [1.29, 1.82) is 0 Å². The van der Waals surface area contributed by atoms with E-state index in [1.54, 1.807) is 13.0 Å². The molecule has 0 saturated heterocycles. The highest BCUT2D eigenvalue weighted by atomic mass is 32.2. The van der Waals surface area contributed by atoms with E-state index in [0.717, 1.165) is 11.3 Å². The SMILES string of the molecule is CCOC(=O)CNS(=O)(=O)c1ccc(CC)s1. The van der Waals surface area contributed by atoms with Gasteiger partial charge in [-0.15, -0.1) is 11.3 Å². The second-order valence-electron chi connectivity index (χ2n) is 3.20. The van der Waals surface area contributed by atoms with E-state index in [1.807, 2.05) is 6.92 Å². The van der Waals surface area contributed by atoms with Crippen molar-refractivity contribution in [3.05, 3.63) is 17.0 Å². The quantitative estimate of drug-likeness (QED) is 0.792. The lowest BCUT2D eigenvalue weighted by Crippen LogP contribution is -2.30. The van der Waals surface area contributed by atoms with E-state index >= 15 is 0 Å². The van der Waals surface area contributed by atoms with E-state index in [9.17, 15) is 13.2 Å². The minimum absolute atomic E-state index is 0.221. The molecule has 0 aliphatic carbocycles. The molecule has 7 heteroatoms. The van der Waals surface area contributed by atoms with Crippen LogP contribution in [0.4, 0.5) is 0 Å². The first kappa shape index (κ1) is 14.1. The van der Waals surface area contributed by atoms with Crippen LogP contribution >= 0.6 is 11.3 Å². The number of hydrogen-bond donors (Lipinski definition) is 1. The molecule has 0 saturated carbocycles. The smallest absolute Gasteiger partial charge is 0.321 e. The number of esters is 1. The van der Waals surface area contributed by atoms with Crippen molar-refractivity contribution in [2.24, 2.45) is 0 Å². The molecule has 96 valence electrons. The standard InChI is InChI=1S/C10H15NO4S2/c1-3-8-5-6-10(16-8)17(13,14)11-7-9(12)15-4-2/h5-6,11H,3-4,7H2,1-2H3. The molecule has 1 aromatic rings. The Labute approximate surface area is 105 Å². The normalized spacial score (nSPS) is 11.4. The third kappa shape index (κ3) is 4.10. The maximum absolute atomic E-state index is 11.8. The lowest BCUT2D eigenvalue weighted by Gasteiger charge is -2.04. The molecule has 17 heavy (non-hydrogen) atoms. The summed E-state index contributed by atoms with van der Waals surface area (Å²) in [6.07, 6.45) is 0.790. The van der Waals surface area contributed by atoms with Crippen molar-refractivity contribution in [3.63, 3.8) is 0 Å². The summed E-state index contributed by atoms with van der Waals surface area (Å²) >= 11 is 1.20. The molecule has 0 fully saturated rings. The molecule has 0 unspecified atom stereocenters. The summed E-state index contributed by atoms with van der Waals surface area (Å²) in [5, 5.41) is 0. The number of carbonyl (C=O) groups excluding carboxylic acids is 1. The van der Waals surface area contributed by atoms with Gasteiger partial charge in [-0.2, -0.15) is 4.72 Å². The molecule has 0 amide bonds. The number of ether oxygens (including phenoxy) is 1. The summed E-state index contributed by atoms with van der Waals surface area (Å²) in [6.45, 7) is 3.52. The zero-order valence-corrected chi connectivity index (χ0v) is 11.4. The van der Waals surface area contributed by atoms with E-state index in [-0.39, 0.29) is 17.4 Å². The number of carbonyl (C=O) groups is 1. The third-order valence-electron chi connectivity index (χ3n) is 1.96. The van der Waals surface area contributed by atoms with Gasteiger partial charge in [0.2, 0.25) is 0 Å². The zero-order valence-electron chi connectivity index (χ0n) is 9.73. The van der Waals surface area contributed by atoms with Gasteiger partial charge >= 0.3 is 5.97 Å². The van der Waals surface area contributed by atoms with Gasteiger partial charge in [0, 0.05) is 4.88 Å². The molecule has 1 heterocycles. The van der Waals surface area contributed by atoms with Crippen LogP contribution < -0.4 is 4.72 Å². The molecule has 5 nitrogen and oxygen atoms in total. The van der Waals surface area contributed by atoms with Gasteiger partial charge in [0.1, 0.15) is 10.8 Å². The molecule has 1 rings (SSSR count). The number of aryl methyl sites for hydroxylation is 1.